The van der Waals surface area contributed by atoms with E-state index in [4.69, 9.17) is 0 Å². The van der Waals surface area contributed by atoms with E-state index in [1.54, 1.807) is 30.9 Å². The maximum Gasteiger partial charge on any atom is 0.251 e. The molecule has 0 radical (unpaired) electrons. The van der Waals surface area contributed by atoms with Gasteiger partial charge in [0.1, 0.15) is 5.82 Å². The Morgan fingerprint density at radius 1 is 1.17 bits per heavy atom. The van der Waals surface area contributed by atoms with E-state index in [0.29, 0.717) is 18.7 Å². The van der Waals surface area contributed by atoms with Gasteiger partial charge in [0.15, 0.2) is 0 Å². The average Bonchev–Trinajstić information content (AvgIpc) is 2.97. The summed E-state index contributed by atoms with van der Waals surface area (Å²) in [5.41, 5.74) is 1.19. The zero-order valence-corrected chi connectivity index (χ0v) is 13.0. The van der Waals surface area contributed by atoms with Gasteiger partial charge in [0.05, 0.1) is 11.6 Å². The summed E-state index contributed by atoms with van der Waals surface area (Å²) in [6.45, 7) is 2.40. The first-order valence-electron chi connectivity index (χ1n) is 7.28. The summed E-state index contributed by atoms with van der Waals surface area (Å²) in [6.07, 6.45) is 1.64. The van der Waals surface area contributed by atoms with Gasteiger partial charge in [-0.05, 0) is 37.3 Å². The molecule has 0 bridgehead atoms. The van der Waals surface area contributed by atoms with Crippen molar-refractivity contribution in [2.24, 2.45) is 7.05 Å². The van der Waals surface area contributed by atoms with Crippen molar-refractivity contribution in [3.8, 4) is 0 Å². The van der Waals surface area contributed by atoms with Crippen LogP contribution in [0.15, 0.2) is 36.5 Å². The summed E-state index contributed by atoms with van der Waals surface area (Å²) in [5.74, 6) is -1.16. The second kappa shape index (κ2) is 7.53. The lowest BCUT2D eigenvalue weighted by Crippen LogP contribution is -2.36. The van der Waals surface area contributed by atoms with Crippen LogP contribution in [0.5, 0.6) is 0 Å². The molecular weight excluding hydrogens is 299 g/mol. The normalized spacial score (nSPS) is 11.8. The Morgan fingerprint density at radius 3 is 2.43 bits per heavy atom. The molecule has 2 aromatic rings. The molecule has 1 aromatic heterocycles. The van der Waals surface area contributed by atoms with E-state index >= 15 is 0 Å². The van der Waals surface area contributed by atoms with Gasteiger partial charge in [-0.15, -0.1) is 0 Å². The Kier molecular flexibility index (Phi) is 5.46. The number of hydrogen-bond donors (Lipinski definition) is 2. The quantitative estimate of drug-likeness (QED) is 0.786. The highest BCUT2D eigenvalue weighted by Gasteiger charge is 2.17. The second-order valence-corrected chi connectivity index (χ2v) is 5.16. The van der Waals surface area contributed by atoms with Gasteiger partial charge < -0.3 is 10.6 Å². The lowest BCUT2D eigenvalue weighted by atomic mass is 10.1. The molecule has 2 N–H and O–H groups in total. The predicted octanol–water partition coefficient (Wildman–Crippen LogP) is 1.21. The predicted molar refractivity (Wildman–Crippen MR) is 83.4 cm³/mol. The van der Waals surface area contributed by atoms with Crippen molar-refractivity contribution < 1.29 is 14.0 Å². The van der Waals surface area contributed by atoms with Crippen LogP contribution >= 0.6 is 0 Å². The molecule has 2 rings (SSSR count). The van der Waals surface area contributed by atoms with Crippen LogP contribution in [0.25, 0.3) is 0 Å². The minimum absolute atomic E-state index is 0.135. The molecule has 0 saturated heterocycles. The Hall–Kier alpha value is -2.70. The number of aromatic nitrogens is 2. The van der Waals surface area contributed by atoms with Crippen LogP contribution in [-0.4, -0.2) is 34.7 Å². The number of halogens is 1. The zero-order valence-electron chi connectivity index (χ0n) is 13.0. The molecule has 7 heteroatoms. The SMILES string of the molecule is CC(C(=O)NCCNC(=O)c1ccc(F)cc1)c1ccnn1C. The van der Waals surface area contributed by atoms with Gasteiger partial charge in [0, 0.05) is 31.9 Å². The highest BCUT2D eigenvalue weighted by atomic mass is 19.1. The number of hydrogen-bond acceptors (Lipinski definition) is 3. The maximum atomic E-state index is 12.8. The molecule has 1 heterocycles. The molecule has 0 aliphatic heterocycles. The Morgan fingerprint density at radius 2 is 1.83 bits per heavy atom. The van der Waals surface area contributed by atoms with Gasteiger partial charge >= 0.3 is 0 Å². The van der Waals surface area contributed by atoms with Crippen LogP contribution in [0.4, 0.5) is 4.39 Å². The molecule has 0 fully saturated rings. The third-order valence-electron chi connectivity index (χ3n) is 3.51. The standard InChI is InChI=1S/C16H19FN4O2/c1-11(14-7-8-20-21(14)2)15(22)18-9-10-19-16(23)12-3-5-13(17)6-4-12/h3-8,11H,9-10H2,1-2H3,(H,18,22)(H,19,23). The van der Waals surface area contributed by atoms with Crippen molar-refractivity contribution in [1.29, 1.82) is 0 Å². The van der Waals surface area contributed by atoms with E-state index in [1.807, 2.05) is 0 Å². The van der Waals surface area contributed by atoms with Gasteiger partial charge in [-0.2, -0.15) is 5.10 Å². The van der Waals surface area contributed by atoms with Gasteiger partial charge in [-0.25, -0.2) is 4.39 Å². The molecule has 0 aliphatic rings. The van der Waals surface area contributed by atoms with Crippen LogP contribution in [0.2, 0.25) is 0 Å². The topological polar surface area (TPSA) is 76.0 Å². The first kappa shape index (κ1) is 16.7. The van der Waals surface area contributed by atoms with E-state index in [0.717, 1.165) is 5.69 Å². The Labute approximate surface area is 133 Å². The van der Waals surface area contributed by atoms with Gasteiger partial charge in [0.2, 0.25) is 5.91 Å². The summed E-state index contributed by atoms with van der Waals surface area (Å²) < 4.78 is 14.4. The summed E-state index contributed by atoms with van der Waals surface area (Å²) in [6, 6.07) is 7.07. The monoisotopic (exact) mass is 318 g/mol. The minimum atomic E-state index is -0.391. The van der Waals surface area contributed by atoms with Crippen LogP contribution in [0.1, 0.15) is 28.9 Å². The number of rotatable bonds is 6. The van der Waals surface area contributed by atoms with Crippen molar-refractivity contribution in [3.05, 3.63) is 53.6 Å². The van der Waals surface area contributed by atoms with Crippen molar-refractivity contribution in [3.63, 3.8) is 0 Å². The second-order valence-electron chi connectivity index (χ2n) is 5.16. The molecule has 1 atom stereocenters. The summed E-state index contributed by atoms with van der Waals surface area (Å²) in [7, 11) is 1.78. The molecule has 0 aliphatic carbocycles. The molecule has 0 spiro atoms. The molecule has 2 amide bonds. The van der Waals surface area contributed by atoms with Gasteiger partial charge in [0.25, 0.3) is 5.91 Å². The Bertz CT molecular complexity index is 682. The lowest BCUT2D eigenvalue weighted by molar-refractivity contribution is -0.122. The fraction of sp³-hybridized carbons (Fsp3) is 0.312. The fourth-order valence-corrected chi connectivity index (χ4v) is 2.16. The smallest absolute Gasteiger partial charge is 0.251 e. The number of carbonyl (C=O) groups excluding carboxylic acids is 2. The van der Waals surface area contributed by atoms with E-state index in [1.165, 1.54) is 24.3 Å². The maximum absolute atomic E-state index is 12.8. The van der Waals surface area contributed by atoms with Crippen LogP contribution in [-0.2, 0) is 11.8 Å². The third-order valence-corrected chi connectivity index (χ3v) is 3.51. The number of nitrogens with zero attached hydrogens (tertiary/aromatic N) is 2. The highest BCUT2D eigenvalue weighted by molar-refractivity contribution is 5.94. The lowest BCUT2D eigenvalue weighted by Gasteiger charge is -2.13. The van der Waals surface area contributed by atoms with Gasteiger partial charge in [-0.3, -0.25) is 14.3 Å². The minimum Gasteiger partial charge on any atom is -0.354 e. The molecule has 23 heavy (non-hydrogen) atoms. The number of amides is 2. The summed E-state index contributed by atoms with van der Waals surface area (Å²) in [4.78, 5) is 23.8. The fourth-order valence-electron chi connectivity index (χ4n) is 2.16. The van der Waals surface area contributed by atoms with Crippen molar-refractivity contribution in [2.75, 3.05) is 13.1 Å². The first-order chi connectivity index (χ1) is 11.0. The van der Waals surface area contributed by atoms with E-state index in [2.05, 4.69) is 15.7 Å². The number of nitrogens with one attached hydrogen (secondary N) is 2. The van der Waals surface area contributed by atoms with E-state index < -0.39 is 5.82 Å². The van der Waals surface area contributed by atoms with E-state index in [-0.39, 0.29) is 17.7 Å². The summed E-state index contributed by atoms with van der Waals surface area (Å²) in [5, 5.41) is 9.46. The number of carbonyl (C=O) groups is 2. The van der Waals surface area contributed by atoms with Crippen molar-refractivity contribution in [1.82, 2.24) is 20.4 Å². The molecule has 122 valence electrons. The van der Waals surface area contributed by atoms with Crippen LogP contribution in [0, 0.1) is 5.82 Å². The molecular formula is C16H19FN4O2. The molecule has 1 unspecified atom stereocenters. The van der Waals surface area contributed by atoms with Crippen LogP contribution < -0.4 is 10.6 Å². The largest absolute Gasteiger partial charge is 0.354 e. The average molecular weight is 318 g/mol. The zero-order chi connectivity index (χ0) is 16.8. The number of aryl methyl sites for hydroxylation is 1. The first-order valence-corrected chi connectivity index (χ1v) is 7.28. The molecule has 6 nitrogen and oxygen atoms in total. The van der Waals surface area contributed by atoms with E-state index in [9.17, 15) is 14.0 Å². The molecule has 1 aromatic carbocycles. The number of benzene rings is 1. The van der Waals surface area contributed by atoms with Crippen molar-refractivity contribution in [2.45, 2.75) is 12.8 Å². The Balaban J connectivity index is 1.74. The highest BCUT2D eigenvalue weighted by Crippen LogP contribution is 2.13. The van der Waals surface area contributed by atoms with Gasteiger partial charge in [-0.1, -0.05) is 0 Å². The summed E-state index contributed by atoms with van der Waals surface area (Å²) >= 11 is 0. The molecule has 0 saturated carbocycles. The van der Waals surface area contributed by atoms with Crippen molar-refractivity contribution >= 4 is 11.8 Å². The van der Waals surface area contributed by atoms with Crippen LogP contribution in [0.3, 0.4) is 0 Å². The third kappa shape index (κ3) is 4.38.